The number of benzene rings is 1. The maximum atomic E-state index is 14.0. The summed E-state index contributed by atoms with van der Waals surface area (Å²) in [6.07, 6.45) is 3.06. The summed E-state index contributed by atoms with van der Waals surface area (Å²) >= 11 is 3.07. The zero-order valence-corrected chi connectivity index (χ0v) is 22.0. The van der Waals surface area contributed by atoms with Crippen LogP contribution in [-0.2, 0) is 29.9 Å². The lowest BCUT2D eigenvalue weighted by Gasteiger charge is -2.17. The number of methoxy groups -OCH3 is 1. The highest BCUT2D eigenvalue weighted by Gasteiger charge is 2.24. The molecule has 0 aliphatic heterocycles. The van der Waals surface area contributed by atoms with Crippen LogP contribution in [0, 0.1) is 11.7 Å². The van der Waals surface area contributed by atoms with Crippen molar-refractivity contribution in [3.8, 4) is 5.75 Å². The van der Waals surface area contributed by atoms with Crippen LogP contribution in [0.3, 0.4) is 0 Å². The van der Waals surface area contributed by atoms with E-state index in [1.54, 1.807) is 36.6 Å². The van der Waals surface area contributed by atoms with E-state index in [1.165, 1.54) is 28.3 Å². The third kappa shape index (κ3) is 5.05. The molecule has 1 N–H and O–H groups in total. The topological polar surface area (TPSA) is 94.9 Å². The summed E-state index contributed by atoms with van der Waals surface area (Å²) in [6.45, 7) is 4.75. The van der Waals surface area contributed by atoms with Crippen LogP contribution in [0.5, 0.6) is 5.75 Å². The molecule has 1 aliphatic carbocycles. The zero-order valence-electron chi connectivity index (χ0n) is 20.4. The average Bonchev–Trinajstić information content (AvgIpc) is 3.43. The van der Waals surface area contributed by atoms with Gasteiger partial charge in [0.25, 0.3) is 5.56 Å². The molecular formula is C25H28FN5O3S2. The molecule has 5 rings (SSSR count). The fraction of sp³-hybridized carbons (Fsp3) is 0.440. The molecule has 2 unspecified atom stereocenters. The van der Waals surface area contributed by atoms with Crippen molar-refractivity contribution in [2.75, 3.05) is 13.7 Å². The van der Waals surface area contributed by atoms with E-state index in [4.69, 9.17) is 14.5 Å². The van der Waals surface area contributed by atoms with E-state index in [9.17, 15) is 9.18 Å². The summed E-state index contributed by atoms with van der Waals surface area (Å²) in [5.41, 5.74) is 1.10. The molecule has 0 spiro atoms. The molecule has 3 heterocycles. The Kier molecular flexibility index (Phi) is 7.40. The Morgan fingerprint density at radius 3 is 2.97 bits per heavy atom. The number of aromatic amines is 1. The smallest absolute Gasteiger partial charge is 0.259 e. The summed E-state index contributed by atoms with van der Waals surface area (Å²) in [6, 6.07) is 6.18. The molecule has 3 aromatic heterocycles. The van der Waals surface area contributed by atoms with E-state index >= 15 is 0 Å². The fourth-order valence-electron chi connectivity index (χ4n) is 4.56. The quantitative estimate of drug-likeness (QED) is 0.308. The molecule has 36 heavy (non-hydrogen) atoms. The lowest BCUT2D eigenvalue weighted by atomic mass is 9.89. The number of aromatic nitrogens is 5. The van der Waals surface area contributed by atoms with Crippen molar-refractivity contribution in [1.29, 1.82) is 0 Å². The Morgan fingerprint density at radius 2 is 2.17 bits per heavy atom. The third-order valence-electron chi connectivity index (χ3n) is 6.33. The van der Waals surface area contributed by atoms with Gasteiger partial charge in [-0.15, -0.1) is 21.5 Å². The molecule has 2 atom stereocenters. The van der Waals surface area contributed by atoms with E-state index < -0.39 is 5.82 Å². The van der Waals surface area contributed by atoms with Crippen LogP contribution in [0.2, 0.25) is 0 Å². The lowest BCUT2D eigenvalue weighted by Crippen LogP contribution is -2.17. The van der Waals surface area contributed by atoms with Crippen molar-refractivity contribution in [3.05, 3.63) is 62.5 Å². The number of halogens is 1. The molecule has 0 saturated heterocycles. The number of ether oxygens (including phenoxy) is 2. The van der Waals surface area contributed by atoms with Gasteiger partial charge >= 0.3 is 0 Å². The largest absolute Gasteiger partial charge is 0.483 e. The number of thioether (sulfide) groups is 1. The third-order valence-corrected chi connectivity index (χ3v) is 8.43. The van der Waals surface area contributed by atoms with E-state index in [2.05, 4.69) is 22.1 Å². The standard InChI is InChI=1S/C25H28FN5O3S2/c1-14-8-9-16-19(10-14)36-24-22(16)23(32)27-20(28-24)13-35-25-30-29-21(31(25)15(2)11-33-3)12-34-18-7-5-4-6-17(18)26/h4-7,14-15H,8-13H2,1-3H3,(H,27,28,32). The van der Waals surface area contributed by atoms with Crippen LogP contribution >= 0.6 is 23.1 Å². The predicted molar refractivity (Wildman–Crippen MR) is 138 cm³/mol. The van der Waals surface area contributed by atoms with Gasteiger partial charge in [0.2, 0.25) is 0 Å². The van der Waals surface area contributed by atoms with Gasteiger partial charge in [-0.2, -0.15) is 0 Å². The van der Waals surface area contributed by atoms with Crippen LogP contribution < -0.4 is 10.3 Å². The molecule has 0 fully saturated rings. The first-order valence-electron chi connectivity index (χ1n) is 11.9. The van der Waals surface area contributed by atoms with Crippen molar-refractivity contribution >= 4 is 33.3 Å². The molecular weight excluding hydrogens is 501 g/mol. The molecule has 0 bridgehead atoms. The van der Waals surface area contributed by atoms with Crippen molar-refractivity contribution in [2.45, 2.75) is 56.7 Å². The number of fused-ring (bicyclic) bond motifs is 3. The first kappa shape index (κ1) is 24.9. The first-order chi connectivity index (χ1) is 17.4. The normalized spacial score (nSPS) is 16.3. The predicted octanol–water partition coefficient (Wildman–Crippen LogP) is 4.92. The van der Waals surface area contributed by atoms with Crippen LogP contribution in [0.4, 0.5) is 4.39 Å². The first-order valence-corrected chi connectivity index (χ1v) is 13.7. The summed E-state index contributed by atoms with van der Waals surface area (Å²) in [5.74, 6) is 1.94. The summed E-state index contributed by atoms with van der Waals surface area (Å²) in [5, 5.41) is 10.0. The number of aryl methyl sites for hydroxylation is 1. The minimum atomic E-state index is -0.432. The highest BCUT2D eigenvalue weighted by atomic mass is 32.2. The molecule has 0 amide bonds. The fourth-order valence-corrected chi connectivity index (χ4v) is 6.89. The molecule has 11 heteroatoms. The van der Waals surface area contributed by atoms with Gasteiger partial charge in [0, 0.05) is 12.0 Å². The molecule has 1 aromatic carbocycles. The van der Waals surface area contributed by atoms with Crippen molar-refractivity contribution in [2.24, 2.45) is 5.92 Å². The SMILES string of the molecule is COCC(C)n1c(COc2ccccc2F)nnc1SCc1nc2sc3c(c2c(=O)[nH]1)CCC(C)C3. The molecule has 190 valence electrons. The van der Waals surface area contributed by atoms with Crippen LogP contribution in [-0.4, -0.2) is 38.4 Å². The number of H-pyrrole nitrogens is 1. The Bertz CT molecular complexity index is 1430. The van der Waals surface area contributed by atoms with E-state index in [1.807, 2.05) is 11.5 Å². The van der Waals surface area contributed by atoms with Gasteiger partial charge in [-0.3, -0.25) is 9.36 Å². The molecule has 1 aliphatic rings. The monoisotopic (exact) mass is 529 g/mol. The van der Waals surface area contributed by atoms with Crippen molar-refractivity contribution < 1.29 is 13.9 Å². The highest BCUT2D eigenvalue weighted by molar-refractivity contribution is 7.98. The van der Waals surface area contributed by atoms with Crippen molar-refractivity contribution in [1.82, 2.24) is 24.7 Å². The minimum Gasteiger partial charge on any atom is -0.483 e. The maximum Gasteiger partial charge on any atom is 0.259 e. The Morgan fingerprint density at radius 1 is 1.33 bits per heavy atom. The Balaban J connectivity index is 1.37. The molecule has 0 saturated carbocycles. The number of hydrogen-bond donors (Lipinski definition) is 1. The molecule has 4 aromatic rings. The van der Waals surface area contributed by atoms with Crippen LogP contribution in [0.15, 0.2) is 34.2 Å². The van der Waals surface area contributed by atoms with Crippen molar-refractivity contribution in [3.63, 3.8) is 0 Å². The van der Waals surface area contributed by atoms with Gasteiger partial charge in [-0.1, -0.05) is 30.8 Å². The average molecular weight is 530 g/mol. The van der Waals surface area contributed by atoms with Gasteiger partial charge in [0.15, 0.2) is 22.5 Å². The number of hydrogen-bond acceptors (Lipinski definition) is 8. The number of thiophene rings is 1. The molecule has 8 nitrogen and oxygen atoms in total. The van der Waals surface area contributed by atoms with Crippen LogP contribution in [0.1, 0.15) is 48.4 Å². The van der Waals surface area contributed by atoms with E-state index in [0.717, 1.165) is 29.5 Å². The second-order valence-corrected chi connectivity index (χ2v) is 11.2. The van der Waals surface area contributed by atoms with Crippen LogP contribution in [0.25, 0.3) is 10.2 Å². The zero-order chi connectivity index (χ0) is 25.2. The van der Waals surface area contributed by atoms with Gasteiger partial charge in [0.05, 0.1) is 23.8 Å². The molecule has 0 radical (unpaired) electrons. The van der Waals surface area contributed by atoms with Gasteiger partial charge in [-0.25, -0.2) is 9.37 Å². The minimum absolute atomic E-state index is 0.0583. The maximum absolute atomic E-state index is 14.0. The number of nitrogens with one attached hydrogen (secondary N) is 1. The number of nitrogens with zero attached hydrogens (tertiary/aromatic N) is 4. The summed E-state index contributed by atoms with van der Waals surface area (Å²) < 4.78 is 26.9. The Hall–Kier alpha value is -2.76. The number of rotatable bonds is 9. The van der Waals surface area contributed by atoms with Gasteiger partial charge in [0.1, 0.15) is 17.3 Å². The second-order valence-electron chi connectivity index (χ2n) is 9.13. The highest BCUT2D eigenvalue weighted by Crippen LogP contribution is 2.36. The Labute approximate surface area is 216 Å². The van der Waals surface area contributed by atoms with Gasteiger partial charge in [-0.05, 0) is 49.8 Å². The van der Waals surface area contributed by atoms with E-state index in [-0.39, 0.29) is 24.0 Å². The summed E-state index contributed by atoms with van der Waals surface area (Å²) in [4.78, 5) is 22.8. The number of para-hydroxylation sites is 1. The lowest BCUT2D eigenvalue weighted by molar-refractivity contribution is 0.154. The second kappa shape index (κ2) is 10.7. The van der Waals surface area contributed by atoms with E-state index in [0.29, 0.717) is 35.1 Å². The summed E-state index contributed by atoms with van der Waals surface area (Å²) in [7, 11) is 1.63. The van der Waals surface area contributed by atoms with Gasteiger partial charge < -0.3 is 14.5 Å².